The van der Waals surface area contributed by atoms with Crippen molar-refractivity contribution in [2.24, 2.45) is 0 Å². The van der Waals surface area contributed by atoms with Gasteiger partial charge in [-0.25, -0.2) is 0 Å². The summed E-state index contributed by atoms with van der Waals surface area (Å²) in [7, 11) is 0. The van der Waals surface area contributed by atoms with E-state index in [1.165, 1.54) is 5.56 Å². The summed E-state index contributed by atoms with van der Waals surface area (Å²) >= 11 is 0. The molecular weight excluding hydrogens is 524 g/mol. The SMILES string of the molecule is Cc1ncc[c-]c1-c1nnc(C(C)C)n1-c1cccc(-c2ccccc2)c1.[Ir]. The molecule has 4 nitrogen and oxygen atoms in total. The van der Waals surface area contributed by atoms with Gasteiger partial charge in [0.2, 0.25) is 0 Å². The van der Waals surface area contributed by atoms with Gasteiger partial charge in [0.05, 0.1) is 5.82 Å². The summed E-state index contributed by atoms with van der Waals surface area (Å²) in [6.45, 7) is 6.23. The third kappa shape index (κ3) is 3.82. The number of hydrogen-bond acceptors (Lipinski definition) is 3. The Bertz CT molecular complexity index is 1070. The molecule has 0 spiro atoms. The van der Waals surface area contributed by atoms with E-state index in [9.17, 15) is 0 Å². The van der Waals surface area contributed by atoms with E-state index in [2.05, 4.69) is 88.2 Å². The largest absolute Gasteiger partial charge is 0.357 e. The Morgan fingerprint density at radius 1 is 0.929 bits per heavy atom. The van der Waals surface area contributed by atoms with E-state index in [1.807, 2.05) is 19.1 Å². The zero-order chi connectivity index (χ0) is 18.8. The average molecular weight is 546 g/mol. The second-order valence-electron chi connectivity index (χ2n) is 6.84. The molecule has 4 rings (SSSR count). The molecule has 28 heavy (non-hydrogen) atoms. The van der Waals surface area contributed by atoms with Crippen LogP contribution in [0.4, 0.5) is 0 Å². The molecule has 0 N–H and O–H groups in total. The number of hydrogen-bond donors (Lipinski definition) is 0. The second kappa shape index (κ2) is 8.59. The summed E-state index contributed by atoms with van der Waals surface area (Å²) in [4.78, 5) is 4.40. The fraction of sp³-hybridized carbons (Fsp3) is 0.174. The number of aryl methyl sites for hydroxylation is 1. The molecule has 0 saturated carbocycles. The summed E-state index contributed by atoms with van der Waals surface area (Å²) < 4.78 is 2.12. The molecule has 5 heteroatoms. The maximum absolute atomic E-state index is 4.49. The van der Waals surface area contributed by atoms with Gasteiger partial charge in [-0.2, -0.15) is 5.10 Å². The van der Waals surface area contributed by atoms with Crippen LogP contribution >= 0.6 is 0 Å². The monoisotopic (exact) mass is 546 g/mol. The summed E-state index contributed by atoms with van der Waals surface area (Å²) in [5, 5.41) is 8.97. The second-order valence-corrected chi connectivity index (χ2v) is 6.84. The van der Waals surface area contributed by atoms with Crippen molar-refractivity contribution in [3.05, 3.63) is 84.4 Å². The molecule has 0 saturated heterocycles. The van der Waals surface area contributed by atoms with Crippen LogP contribution in [-0.4, -0.2) is 19.7 Å². The summed E-state index contributed by atoms with van der Waals surface area (Å²) in [6, 6.07) is 23.9. The van der Waals surface area contributed by atoms with Crippen LogP contribution < -0.4 is 0 Å². The molecule has 0 fully saturated rings. The van der Waals surface area contributed by atoms with E-state index in [4.69, 9.17) is 0 Å². The quantitative estimate of drug-likeness (QED) is 0.330. The molecule has 0 atom stereocenters. The first-order valence-corrected chi connectivity index (χ1v) is 9.10. The number of aromatic nitrogens is 4. The van der Waals surface area contributed by atoms with Crippen molar-refractivity contribution in [2.75, 3.05) is 0 Å². The van der Waals surface area contributed by atoms with E-state index in [0.29, 0.717) is 0 Å². The van der Waals surface area contributed by atoms with Crippen LogP contribution in [0.25, 0.3) is 28.2 Å². The minimum atomic E-state index is 0. The van der Waals surface area contributed by atoms with Crippen molar-refractivity contribution in [1.29, 1.82) is 0 Å². The van der Waals surface area contributed by atoms with E-state index in [-0.39, 0.29) is 26.0 Å². The summed E-state index contributed by atoms with van der Waals surface area (Å²) in [5.74, 6) is 1.94. The molecular formula is C23H21IrN4-. The van der Waals surface area contributed by atoms with Crippen molar-refractivity contribution in [2.45, 2.75) is 26.7 Å². The molecule has 0 aliphatic rings. The average Bonchev–Trinajstić information content (AvgIpc) is 3.14. The van der Waals surface area contributed by atoms with Gasteiger partial charge in [0, 0.05) is 31.7 Å². The Labute approximate surface area is 179 Å². The van der Waals surface area contributed by atoms with E-state index >= 15 is 0 Å². The molecule has 2 aromatic carbocycles. The smallest absolute Gasteiger partial charge is 0.131 e. The van der Waals surface area contributed by atoms with Gasteiger partial charge in [0.25, 0.3) is 0 Å². The predicted octanol–water partition coefficient (Wildman–Crippen LogP) is 5.23. The van der Waals surface area contributed by atoms with Crippen molar-refractivity contribution in [1.82, 2.24) is 19.7 Å². The van der Waals surface area contributed by atoms with E-state index in [0.717, 1.165) is 34.2 Å². The Hall–Kier alpha value is -2.62. The van der Waals surface area contributed by atoms with Gasteiger partial charge in [-0.3, -0.25) is 0 Å². The molecule has 2 aromatic heterocycles. The van der Waals surface area contributed by atoms with Gasteiger partial charge in [-0.15, -0.1) is 17.2 Å². The molecule has 1 radical (unpaired) electrons. The van der Waals surface area contributed by atoms with Gasteiger partial charge < -0.3 is 9.55 Å². The topological polar surface area (TPSA) is 43.6 Å². The maximum atomic E-state index is 4.49. The summed E-state index contributed by atoms with van der Waals surface area (Å²) in [5.41, 5.74) is 5.15. The molecule has 0 aliphatic heterocycles. The minimum absolute atomic E-state index is 0. The molecule has 0 aliphatic carbocycles. The van der Waals surface area contributed by atoms with Gasteiger partial charge in [0.15, 0.2) is 0 Å². The van der Waals surface area contributed by atoms with Crippen LogP contribution in [0.1, 0.15) is 31.3 Å². The van der Waals surface area contributed by atoms with Crippen LogP contribution in [0.3, 0.4) is 0 Å². The molecule has 0 amide bonds. The Morgan fingerprint density at radius 2 is 1.68 bits per heavy atom. The normalized spacial score (nSPS) is 10.7. The molecule has 2 heterocycles. The van der Waals surface area contributed by atoms with Crippen LogP contribution in [0.2, 0.25) is 0 Å². The van der Waals surface area contributed by atoms with Crippen molar-refractivity contribution >= 4 is 0 Å². The van der Waals surface area contributed by atoms with Gasteiger partial charge in [-0.05, 0) is 29.0 Å². The third-order valence-electron chi connectivity index (χ3n) is 4.57. The fourth-order valence-corrected chi connectivity index (χ4v) is 3.21. The Balaban J connectivity index is 0.00000225. The number of pyridine rings is 1. The number of nitrogens with zero attached hydrogens (tertiary/aromatic N) is 4. The van der Waals surface area contributed by atoms with Gasteiger partial charge >= 0.3 is 0 Å². The molecule has 0 bridgehead atoms. The van der Waals surface area contributed by atoms with Crippen molar-refractivity contribution in [3.63, 3.8) is 0 Å². The fourth-order valence-electron chi connectivity index (χ4n) is 3.21. The maximum Gasteiger partial charge on any atom is 0.131 e. The Kier molecular flexibility index (Phi) is 6.18. The summed E-state index contributed by atoms with van der Waals surface area (Å²) in [6.07, 6.45) is 1.75. The van der Waals surface area contributed by atoms with Crippen LogP contribution in [0.15, 0.2) is 66.9 Å². The number of benzene rings is 2. The molecule has 4 aromatic rings. The standard InChI is InChI=1S/C23H21N4.Ir/c1-16(2)22-25-26-23(21-13-8-14-24-17(21)3)27(22)20-12-7-11-19(15-20)18-9-5-4-6-10-18;/h4-12,14-16H,1-3H3;/q-1;. The van der Waals surface area contributed by atoms with Gasteiger partial charge in [-0.1, -0.05) is 75.0 Å². The first-order chi connectivity index (χ1) is 13.1. The van der Waals surface area contributed by atoms with E-state index in [1.54, 1.807) is 6.20 Å². The third-order valence-corrected chi connectivity index (χ3v) is 4.57. The van der Waals surface area contributed by atoms with Crippen molar-refractivity contribution in [3.8, 4) is 28.2 Å². The van der Waals surface area contributed by atoms with Crippen LogP contribution in [0.5, 0.6) is 0 Å². The first kappa shape index (κ1) is 20.1. The zero-order valence-corrected chi connectivity index (χ0v) is 18.4. The zero-order valence-electron chi connectivity index (χ0n) is 16.1. The van der Waals surface area contributed by atoms with E-state index < -0.39 is 0 Å². The predicted molar refractivity (Wildman–Crippen MR) is 108 cm³/mol. The van der Waals surface area contributed by atoms with Crippen LogP contribution in [0, 0.1) is 13.0 Å². The van der Waals surface area contributed by atoms with Crippen LogP contribution in [-0.2, 0) is 20.1 Å². The minimum Gasteiger partial charge on any atom is -0.357 e. The Morgan fingerprint density at radius 3 is 2.39 bits per heavy atom. The first-order valence-electron chi connectivity index (χ1n) is 9.10. The molecule has 143 valence electrons. The number of rotatable bonds is 4. The van der Waals surface area contributed by atoms with Gasteiger partial charge in [0.1, 0.15) is 5.82 Å². The molecule has 0 unspecified atom stereocenters. The van der Waals surface area contributed by atoms with Crippen molar-refractivity contribution < 1.29 is 20.1 Å².